The second-order valence-electron chi connectivity index (χ2n) is 16.3. The van der Waals surface area contributed by atoms with Crippen LogP contribution in [0.5, 0.6) is 0 Å². The predicted octanol–water partition coefficient (Wildman–Crippen LogP) is 14.4. The van der Waals surface area contributed by atoms with Crippen molar-refractivity contribution < 1.29 is 8.83 Å². The summed E-state index contributed by atoms with van der Waals surface area (Å²) in [4.78, 5) is 0. The average Bonchev–Trinajstić information content (AvgIpc) is 3.71. The topological polar surface area (TPSA) is 26.3 Å². The Hall–Kier alpha value is -6.38. The van der Waals surface area contributed by atoms with Gasteiger partial charge in [0.2, 0.25) is 0 Å². The summed E-state index contributed by atoms with van der Waals surface area (Å²) in [6.07, 6.45) is 3.80. The van der Waals surface area contributed by atoms with Crippen molar-refractivity contribution in [2.45, 2.75) is 25.7 Å². The van der Waals surface area contributed by atoms with Crippen LogP contribution in [-0.4, -0.2) is 0 Å². The summed E-state index contributed by atoms with van der Waals surface area (Å²) in [5, 5.41) is 12.4. The van der Waals surface area contributed by atoms with Crippen LogP contribution in [0.3, 0.4) is 0 Å². The summed E-state index contributed by atoms with van der Waals surface area (Å²) in [6.45, 7) is 4.86. The number of fused-ring (bicyclic) bond motifs is 17. The van der Waals surface area contributed by atoms with Gasteiger partial charge in [0, 0.05) is 27.0 Å². The van der Waals surface area contributed by atoms with Crippen molar-refractivity contribution in [1.82, 2.24) is 0 Å². The molecule has 0 N–H and O–H groups in total. The molecule has 254 valence electrons. The Balaban J connectivity index is 0.912. The van der Waals surface area contributed by atoms with Crippen molar-refractivity contribution in [2.75, 3.05) is 0 Å². The van der Waals surface area contributed by atoms with E-state index < -0.39 is 0 Å². The Morgan fingerprint density at radius 1 is 0.463 bits per heavy atom. The Labute approximate surface area is 311 Å². The zero-order valence-corrected chi connectivity index (χ0v) is 30.0. The Bertz CT molecular complexity index is 3360. The highest BCUT2D eigenvalue weighted by Crippen LogP contribution is 2.65. The van der Waals surface area contributed by atoms with Crippen LogP contribution in [0.1, 0.15) is 37.0 Å². The van der Waals surface area contributed by atoms with Gasteiger partial charge in [0.25, 0.3) is 0 Å². The number of benzene rings is 8. The maximum Gasteiger partial charge on any atom is 0.178 e. The molecular formula is C52H34O2. The number of hydrogen-bond acceptors (Lipinski definition) is 2. The molecule has 54 heavy (non-hydrogen) atoms. The minimum atomic E-state index is -0.0986. The van der Waals surface area contributed by atoms with E-state index in [1.165, 1.54) is 77.7 Å². The average molecular weight is 691 g/mol. The van der Waals surface area contributed by atoms with Crippen molar-refractivity contribution in [3.05, 3.63) is 168 Å². The molecule has 2 unspecified atom stereocenters. The van der Waals surface area contributed by atoms with E-state index in [1.807, 2.05) is 12.1 Å². The molecule has 2 heteroatoms. The molecule has 2 atom stereocenters. The van der Waals surface area contributed by atoms with Crippen LogP contribution in [0.4, 0.5) is 0 Å². The zero-order valence-electron chi connectivity index (χ0n) is 30.0. The van der Waals surface area contributed by atoms with Gasteiger partial charge in [-0.1, -0.05) is 117 Å². The third-order valence-electron chi connectivity index (χ3n) is 13.2. The van der Waals surface area contributed by atoms with Gasteiger partial charge >= 0.3 is 0 Å². The molecule has 1 fully saturated rings. The monoisotopic (exact) mass is 690 g/mol. The van der Waals surface area contributed by atoms with E-state index in [9.17, 15) is 0 Å². The lowest BCUT2D eigenvalue weighted by Crippen LogP contribution is -2.17. The summed E-state index contributed by atoms with van der Waals surface area (Å²) in [6, 6.07) is 51.4. The van der Waals surface area contributed by atoms with Gasteiger partial charge in [-0.3, -0.25) is 0 Å². The van der Waals surface area contributed by atoms with Crippen LogP contribution in [0.25, 0.3) is 98.5 Å². The predicted molar refractivity (Wildman–Crippen MR) is 225 cm³/mol. The summed E-state index contributed by atoms with van der Waals surface area (Å²) >= 11 is 0. The standard InChI is InChI=1S/C52H34O2/c1-52(2)45-25-29(28-17-22-48-43(23-28)38-21-20-37-36-13-7-8-14-47(36)53-50(37)51(38)54-48)15-19-39(45)49-44-26-42(44)40(27-46(49)52)30-16-18-35-33-11-4-3-9-31(33)32-10-5-6-12-34(32)41(35)24-30/h3-25,27,42,44H,26H2,1-2H3. The maximum atomic E-state index is 6.48. The molecule has 0 amide bonds. The molecule has 0 saturated heterocycles. The van der Waals surface area contributed by atoms with Gasteiger partial charge in [0.15, 0.2) is 11.2 Å². The van der Waals surface area contributed by atoms with E-state index in [1.54, 1.807) is 5.57 Å². The van der Waals surface area contributed by atoms with E-state index >= 15 is 0 Å². The van der Waals surface area contributed by atoms with Crippen LogP contribution in [0.2, 0.25) is 0 Å². The normalized spacial score (nSPS) is 18.7. The van der Waals surface area contributed by atoms with Gasteiger partial charge in [-0.05, 0) is 138 Å². The molecule has 8 aromatic carbocycles. The van der Waals surface area contributed by atoms with Crippen molar-refractivity contribution in [3.63, 3.8) is 0 Å². The number of para-hydroxylation sites is 1. The van der Waals surface area contributed by atoms with Gasteiger partial charge in [-0.15, -0.1) is 0 Å². The first-order valence-electron chi connectivity index (χ1n) is 19.2. The van der Waals surface area contributed by atoms with Gasteiger partial charge in [-0.25, -0.2) is 0 Å². The number of allylic oxidation sites excluding steroid dienone is 4. The van der Waals surface area contributed by atoms with Crippen LogP contribution in [0.15, 0.2) is 160 Å². The molecular weight excluding hydrogens is 657 g/mol. The fraction of sp³-hybridized carbons (Fsp3) is 0.115. The molecule has 2 heterocycles. The molecule has 3 aliphatic carbocycles. The molecule has 0 aliphatic heterocycles. The van der Waals surface area contributed by atoms with Crippen molar-refractivity contribution >= 4 is 87.3 Å². The highest BCUT2D eigenvalue weighted by molar-refractivity contribution is 6.25. The smallest absolute Gasteiger partial charge is 0.178 e. The summed E-state index contributed by atoms with van der Waals surface area (Å²) in [7, 11) is 0. The van der Waals surface area contributed by atoms with E-state index in [0.29, 0.717) is 11.8 Å². The molecule has 0 spiro atoms. The largest absolute Gasteiger partial charge is 0.452 e. The summed E-state index contributed by atoms with van der Waals surface area (Å²) in [5.41, 5.74) is 14.6. The Morgan fingerprint density at radius 2 is 1.00 bits per heavy atom. The quantitative estimate of drug-likeness (QED) is 0.169. The first kappa shape index (κ1) is 29.1. The third-order valence-corrected chi connectivity index (χ3v) is 13.2. The van der Waals surface area contributed by atoms with Crippen molar-refractivity contribution in [1.29, 1.82) is 0 Å². The lowest BCUT2D eigenvalue weighted by atomic mass is 9.77. The minimum Gasteiger partial charge on any atom is -0.452 e. The van der Waals surface area contributed by atoms with Gasteiger partial charge in [0.05, 0.1) is 0 Å². The SMILES string of the molecule is CC1(C)C2=C(c3ccc(-c4ccc5oc6c(ccc7c8ccccc8oc76)c5c4)cc31)C1CC1C(c1ccc3c4ccccc4c4ccccc4c3c1)=C2. The molecule has 3 aliphatic rings. The van der Waals surface area contributed by atoms with Gasteiger partial charge in [-0.2, -0.15) is 0 Å². The van der Waals surface area contributed by atoms with E-state index in [-0.39, 0.29) is 5.41 Å². The summed E-state index contributed by atoms with van der Waals surface area (Å²) in [5.74, 6) is 1.16. The Morgan fingerprint density at radius 3 is 1.74 bits per heavy atom. The van der Waals surface area contributed by atoms with Gasteiger partial charge in [0.1, 0.15) is 11.2 Å². The second kappa shape index (κ2) is 9.98. The lowest BCUT2D eigenvalue weighted by Gasteiger charge is -2.26. The number of rotatable bonds is 2. The first-order chi connectivity index (χ1) is 26.5. The van der Waals surface area contributed by atoms with E-state index in [2.05, 4.69) is 147 Å². The zero-order chi connectivity index (χ0) is 35.4. The second-order valence-corrected chi connectivity index (χ2v) is 16.3. The lowest BCUT2D eigenvalue weighted by molar-refractivity contribution is 0.633. The summed E-state index contributed by atoms with van der Waals surface area (Å²) < 4.78 is 12.8. The highest BCUT2D eigenvalue weighted by Gasteiger charge is 2.52. The van der Waals surface area contributed by atoms with Gasteiger partial charge < -0.3 is 8.83 Å². The van der Waals surface area contributed by atoms with Crippen LogP contribution >= 0.6 is 0 Å². The van der Waals surface area contributed by atoms with E-state index in [0.717, 1.165) is 43.9 Å². The minimum absolute atomic E-state index is 0.0986. The third kappa shape index (κ3) is 3.70. The fourth-order valence-corrected chi connectivity index (χ4v) is 10.5. The molecule has 0 radical (unpaired) electrons. The highest BCUT2D eigenvalue weighted by atomic mass is 16.4. The van der Waals surface area contributed by atoms with Crippen molar-refractivity contribution in [3.8, 4) is 11.1 Å². The van der Waals surface area contributed by atoms with Crippen LogP contribution in [0, 0.1) is 11.8 Å². The van der Waals surface area contributed by atoms with E-state index in [4.69, 9.17) is 8.83 Å². The van der Waals surface area contributed by atoms with Crippen molar-refractivity contribution in [2.24, 2.45) is 11.8 Å². The first-order valence-corrected chi connectivity index (χ1v) is 19.2. The molecule has 0 bridgehead atoms. The molecule has 1 saturated carbocycles. The maximum absolute atomic E-state index is 6.48. The molecule has 10 aromatic rings. The van der Waals surface area contributed by atoms with Crippen LogP contribution in [-0.2, 0) is 5.41 Å². The molecule has 13 rings (SSSR count). The fourth-order valence-electron chi connectivity index (χ4n) is 10.5. The number of hydrogen-bond donors (Lipinski definition) is 0. The number of furan rings is 2. The Kier molecular flexibility index (Phi) is 5.38. The van der Waals surface area contributed by atoms with Crippen LogP contribution < -0.4 is 0 Å². The molecule has 2 nitrogen and oxygen atoms in total. The molecule has 2 aromatic heterocycles.